The molecule has 0 saturated carbocycles. The van der Waals surface area contributed by atoms with Crippen molar-refractivity contribution in [3.8, 4) is 11.1 Å². The standard InChI is InChI=1S/C18H14Cl2FN3O/c19-14-3-1-10(6-15(14)20)17(22)18(25)16-4-2-11(8-24-16)12-5-13(21)9-23-7-12/h1-9,17-18,25H,22H2/t17-,18+/m0/s1. The highest BCUT2D eigenvalue weighted by Crippen LogP contribution is 2.31. The summed E-state index contributed by atoms with van der Waals surface area (Å²) >= 11 is 11.9. The SMILES string of the molecule is N[C@@H](c1ccc(Cl)c(Cl)c1)[C@H](O)c1ccc(-c2cncc(F)c2)cn1. The van der Waals surface area contributed by atoms with Crippen molar-refractivity contribution in [1.29, 1.82) is 0 Å². The number of aliphatic hydroxyl groups excluding tert-OH is 1. The van der Waals surface area contributed by atoms with E-state index in [1.807, 2.05) is 0 Å². The first-order valence-corrected chi connectivity index (χ1v) is 8.17. The van der Waals surface area contributed by atoms with Crippen LogP contribution in [0, 0.1) is 5.82 Å². The Kier molecular flexibility index (Phi) is 5.30. The molecule has 0 unspecified atom stereocenters. The third kappa shape index (κ3) is 3.96. The molecule has 2 atom stereocenters. The molecule has 0 fully saturated rings. The van der Waals surface area contributed by atoms with E-state index in [0.717, 1.165) is 6.20 Å². The molecule has 1 aromatic carbocycles. The number of aliphatic hydroxyl groups is 1. The Morgan fingerprint density at radius 3 is 2.40 bits per heavy atom. The van der Waals surface area contributed by atoms with Crippen molar-refractivity contribution in [3.05, 3.63) is 82.1 Å². The molecule has 4 nitrogen and oxygen atoms in total. The summed E-state index contributed by atoms with van der Waals surface area (Å²) in [6.45, 7) is 0. The normalized spacial score (nSPS) is 13.5. The molecule has 3 N–H and O–H groups in total. The quantitative estimate of drug-likeness (QED) is 0.709. The molecule has 0 aliphatic carbocycles. The number of nitrogens with two attached hydrogens (primary N) is 1. The van der Waals surface area contributed by atoms with Gasteiger partial charge in [0, 0.05) is 23.5 Å². The van der Waals surface area contributed by atoms with E-state index < -0.39 is 18.0 Å². The molecular weight excluding hydrogens is 364 g/mol. The highest BCUT2D eigenvalue weighted by atomic mass is 35.5. The Labute approximate surface area is 154 Å². The Morgan fingerprint density at radius 1 is 0.960 bits per heavy atom. The Balaban J connectivity index is 1.82. The van der Waals surface area contributed by atoms with Gasteiger partial charge >= 0.3 is 0 Å². The summed E-state index contributed by atoms with van der Waals surface area (Å²) in [6, 6.07) is 8.95. The number of nitrogens with zero attached hydrogens (tertiary/aromatic N) is 2. The zero-order valence-corrected chi connectivity index (χ0v) is 14.4. The predicted molar refractivity (Wildman–Crippen MR) is 95.8 cm³/mol. The summed E-state index contributed by atoms with van der Waals surface area (Å²) < 4.78 is 13.3. The van der Waals surface area contributed by atoms with Crippen molar-refractivity contribution in [2.24, 2.45) is 5.73 Å². The fourth-order valence-electron chi connectivity index (χ4n) is 2.41. The van der Waals surface area contributed by atoms with Gasteiger partial charge in [-0.25, -0.2) is 4.39 Å². The summed E-state index contributed by atoms with van der Waals surface area (Å²) in [5.41, 5.74) is 8.43. The first-order chi connectivity index (χ1) is 12.0. The lowest BCUT2D eigenvalue weighted by Gasteiger charge is -2.19. The maximum Gasteiger partial charge on any atom is 0.142 e. The molecule has 2 heterocycles. The van der Waals surface area contributed by atoms with Crippen molar-refractivity contribution < 1.29 is 9.50 Å². The van der Waals surface area contributed by atoms with Crippen LogP contribution in [0.25, 0.3) is 11.1 Å². The molecule has 25 heavy (non-hydrogen) atoms. The molecular formula is C18H14Cl2FN3O. The topological polar surface area (TPSA) is 72.0 Å². The Hall–Kier alpha value is -2.05. The van der Waals surface area contributed by atoms with E-state index in [1.165, 1.54) is 18.5 Å². The first kappa shape index (κ1) is 17.8. The van der Waals surface area contributed by atoms with Gasteiger partial charge in [-0.1, -0.05) is 35.3 Å². The summed E-state index contributed by atoms with van der Waals surface area (Å²) in [5.74, 6) is -0.428. The van der Waals surface area contributed by atoms with Gasteiger partial charge < -0.3 is 10.8 Å². The highest BCUT2D eigenvalue weighted by Gasteiger charge is 2.21. The highest BCUT2D eigenvalue weighted by molar-refractivity contribution is 6.42. The zero-order valence-electron chi connectivity index (χ0n) is 12.9. The zero-order chi connectivity index (χ0) is 18.0. The van der Waals surface area contributed by atoms with Gasteiger partial charge in [0.25, 0.3) is 0 Å². The van der Waals surface area contributed by atoms with Crippen molar-refractivity contribution in [2.75, 3.05) is 0 Å². The molecule has 0 aliphatic heterocycles. The maximum atomic E-state index is 13.3. The van der Waals surface area contributed by atoms with Gasteiger partial charge in [-0.2, -0.15) is 0 Å². The third-order valence-corrected chi connectivity index (χ3v) is 4.54. The molecule has 0 radical (unpaired) electrons. The van der Waals surface area contributed by atoms with E-state index in [1.54, 1.807) is 30.3 Å². The van der Waals surface area contributed by atoms with Crippen LogP contribution in [0.1, 0.15) is 23.4 Å². The van der Waals surface area contributed by atoms with Crippen molar-refractivity contribution in [1.82, 2.24) is 9.97 Å². The largest absolute Gasteiger partial charge is 0.385 e. The summed E-state index contributed by atoms with van der Waals surface area (Å²) in [7, 11) is 0. The number of benzene rings is 1. The average molecular weight is 378 g/mol. The molecule has 0 spiro atoms. The third-order valence-electron chi connectivity index (χ3n) is 3.80. The second-order valence-corrected chi connectivity index (χ2v) is 6.32. The van der Waals surface area contributed by atoms with Crippen LogP contribution in [0.4, 0.5) is 4.39 Å². The predicted octanol–water partition coefficient (Wildman–Crippen LogP) is 4.32. The molecule has 7 heteroatoms. The second kappa shape index (κ2) is 7.45. The van der Waals surface area contributed by atoms with Gasteiger partial charge in [-0.15, -0.1) is 0 Å². The Morgan fingerprint density at radius 2 is 1.76 bits per heavy atom. The molecule has 0 bridgehead atoms. The maximum absolute atomic E-state index is 13.3. The minimum atomic E-state index is -1.03. The summed E-state index contributed by atoms with van der Waals surface area (Å²) in [4.78, 5) is 8.04. The minimum Gasteiger partial charge on any atom is -0.385 e. The minimum absolute atomic E-state index is 0.365. The molecule has 128 valence electrons. The van der Waals surface area contributed by atoms with Crippen molar-refractivity contribution in [2.45, 2.75) is 12.1 Å². The van der Waals surface area contributed by atoms with Gasteiger partial charge in [-0.05, 0) is 29.8 Å². The van der Waals surface area contributed by atoms with Crippen LogP contribution in [0.5, 0.6) is 0 Å². The summed E-state index contributed by atoms with van der Waals surface area (Å²) in [5, 5.41) is 11.3. The lowest BCUT2D eigenvalue weighted by Crippen LogP contribution is -2.20. The van der Waals surface area contributed by atoms with Crippen molar-refractivity contribution in [3.63, 3.8) is 0 Å². The second-order valence-electron chi connectivity index (χ2n) is 5.51. The fourth-order valence-corrected chi connectivity index (χ4v) is 2.71. The molecule has 3 aromatic rings. The van der Waals surface area contributed by atoms with E-state index in [9.17, 15) is 9.50 Å². The lowest BCUT2D eigenvalue weighted by molar-refractivity contribution is 0.142. The summed E-state index contributed by atoms with van der Waals surface area (Å²) in [6.07, 6.45) is 3.18. The van der Waals surface area contributed by atoms with Crippen LogP contribution in [0.3, 0.4) is 0 Å². The van der Waals surface area contributed by atoms with Crippen LogP contribution < -0.4 is 5.73 Å². The first-order valence-electron chi connectivity index (χ1n) is 7.41. The monoisotopic (exact) mass is 377 g/mol. The van der Waals surface area contributed by atoms with Crippen LogP contribution in [-0.2, 0) is 0 Å². The van der Waals surface area contributed by atoms with Crippen LogP contribution in [0.2, 0.25) is 10.0 Å². The van der Waals surface area contributed by atoms with Crippen molar-refractivity contribution >= 4 is 23.2 Å². The van der Waals surface area contributed by atoms with E-state index in [2.05, 4.69) is 9.97 Å². The van der Waals surface area contributed by atoms with Gasteiger partial charge in [-0.3, -0.25) is 9.97 Å². The molecule has 0 amide bonds. The number of hydrogen-bond acceptors (Lipinski definition) is 4. The van der Waals surface area contributed by atoms with Crippen LogP contribution in [-0.4, -0.2) is 15.1 Å². The molecule has 3 rings (SSSR count). The number of halogens is 3. The number of rotatable bonds is 4. The van der Waals surface area contributed by atoms with E-state index in [-0.39, 0.29) is 0 Å². The Bertz CT molecular complexity index is 890. The molecule has 0 saturated heterocycles. The number of hydrogen-bond donors (Lipinski definition) is 2. The van der Waals surface area contributed by atoms with Crippen LogP contribution in [0.15, 0.2) is 55.0 Å². The van der Waals surface area contributed by atoms with Gasteiger partial charge in [0.1, 0.15) is 11.9 Å². The fraction of sp³-hybridized carbons (Fsp3) is 0.111. The average Bonchev–Trinajstić information content (AvgIpc) is 2.63. The van der Waals surface area contributed by atoms with Gasteiger partial charge in [0.15, 0.2) is 0 Å². The number of aromatic nitrogens is 2. The van der Waals surface area contributed by atoms with E-state index in [4.69, 9.17) is 28.9 Å². The molecule has 0 aliphatic rings. The van der Waals surface area contributed by atoms with E-state index >= 15 is 0 Å². The number of pyridine rings is 2. The van der Waals surface area contributed by atoms with E-state index in [0.29, 0.717) is 32.4 Å². The van der Waals surface area contributed by atoms with Gasteiger partial charge in [0.05, 0.1) is 28.0 Å². The van der Waals surface area contributed by atoms with Gasteiger partial charge in [0.2, 0.25) is 0 Å². The lowest BCUT2D eigenvalue weighted by atomic mass is 9.99. The molecule has 2 aromatic heterocycles. The van der Waals surface area contributed by atoms with Crippen LogP contribution >= 0.6 is 23.2 Å². The smallest absolute Gasteiger partial charge is 0.142 e.